The summed E-state index contributed by atoms with van der Waals surface area (Å²) in [7, 11) is 4.67. The molecule has 0 radical (unpaired) electrons. The lowest BCUT2D eigenvalue weighted by Crippen LogP contribution is -2.03. The van der Waals surface area contributed by atoms with Crippen molar-refractivity contribution in [2.24, 2.45) is 0 Å². The molecule has 0 bridgehead atoms. The van der Waals surface area contributed by atoms with Crippen molar-refractivity contribution in [3.05, 3.63) is 78.6 Å². The number of methoxy groups -OCH3 is 3. The van der Waals surface area contributed by atoms with Gasteiger partial charge in [0.15, 0.2) is 11.5 Å². The number of hydrogen-bond acceptors (Lipinski definition) is 9. The molecule has 3 aromatic carbocycles. The smallest absolute Gasteiger partial charge is 0.232 e. The molecule has 4 rings (SSSR count). The van der Waals surface area contributed by atoms with Crippen LogP contribution in [0.5, 0.6) is 23.0 Å². The lowest BCUT2D eigenvalue weighted by Gasteiger charge is -2.14. The number of aromatic nitrogens is 3. The van der Waals surface area contributed by atoms with Gasteiger partial charge < -0.3 is 29.6 Å². The van der Waals surface area contributed by atoms with Crippen LogP contribution in [-0.2, 0) is 6.61 Å². The van der Waals surface area contributed by atoms with Gasteiger partial charge in [-0.3, -0.25) is 0 Å². The van der Waals surface area contributed by atoms with E-state index in [-0.39, 0.29) is 0 Å². The lowest BCUT2D eigenvalue weighted by atomic mass is 10.2. The second-order valence-corrected chi connectivity index (χ2v) is 7.10. The van der Waals surface area contributed by atoms with E-state index in [0.717, 1.165) is 17.0 Å². The van der Waals surface area contributed by atoms with Crippen molar-refractivity contribution in [2.45, 2.75) is 6.61 Å². The molecule has 4 aromatic rings. The topological polar surface area (TPSA) is 99.7 Å². The lowest BCUT2D eigenvalue weighted by molar-refractivity contribution is 0.306. The fourth-order valence-electron chi connectivity index (χ4n) is 3.20. The number of anilines is 4. The molecule has 1 heterocycles. The van der Waals surface area contributed by atoms with Crippen LogP contribution in [0.1, 0.15) is 5.56 Å². The molecule has 0 aliphatic heterocycles. The van der Waals surface area contributed by atoms with Crippen molar-refractivity contribution in [2.75, 3.05) is 32.0 Å². The van der Waals surface area contributed by atoms with Gasteiger partial charge >= 0.3 is 0 Å². The van der Waals surface area contributed by atoms with E-state index in [1.54, 1.807) is 33.5 Å². The van der Waals surface area contributed by atoms with Crippen LogP contribution >= 0.6 is 0 Å². The van der Waals surface area contributed by atoms with Gasteiger partial charge in [-0.05, 0) is 29.8 Å². The summed E-state index contributed by atoms with van der Waals surface area (Å²) in [5, 5.41) is 6.30. The highest BCUT2D eigenvalue weighted by Crippen LogP contribution is 2.40. The van der Waals surface area contributed by atoms with Crippen LogP contribution in [0.2, 0.25) is 0 Å². The van der Waals surface area contributed by atoms with Crippen LogP contribution in [0.25, 0.3) is 0 Å². The van der Waals surface area contributed by atoms with E-state index in [9.17, 15) is 0 Å². The zero-order chi connectivity index (χ0) is 23.8. The zero-order valence-electron chi connectivity index (χ0n) is 19.1. The predicted octanol–water partition coefficient (Wildman–Crippen LogP) is 4.96. The van der Waals surface area contributed by atoms with Crippen molar-refractivity contribution >= 4 is 23.3 Å². The Balaban J connectivity index is 1.42. The minimum atomic E-state index is 0.356. The van der Waals surface area contributed by atoms with E-state index in [1.807, 2.05) is 54.6 Å². The molecule has 0 spiro atoms. The van der Waals surface area contributed by atoms with Crippen molar-refractivity contribution < 1.29 is 18.9 Å². The van der Waals surface area contributed by atoms with Crippen molar-refractivity contribution in [1.82, 2.24) is 15.0 Å². The van der Waals surface area contributed by atoms with Gasteiger partial charge in [0.1, 0.15) is 18.7 Å². The molecule has 9 heteroatoms. The number of hydrogen-bond donors (Lipinski definition) is 2. The second kappa shape index (κ2) is 10.9. The molecule has 9 nitrogen and oxygen atoms in total. The Bertz CT molecular complexity index is 1190. The molecule has 0 aliphatic carbocycles. The fourth-order valence-corrected chi connectivity index (χ4v) is 3.20. The van der Waals surface area contributed by atoms with E-state index in [1.165, 1.54) is 6.33 Å². The van der Waals surface area contributed by atoms with E-state index in [0.29, 0.717) is 41.4 Å². The summed E-state index contributed by atoms with van der Waals surface area (Å²) >= 11 is 0. The number of ether oxygens (including phenoxy) is 4. The first-order valence-corrected chi connectivity index (χ1v) is 10.5. The van der Waals surface area contributed by atoms with Gasteiger partial charge in [0, 0.05) is 23.5 Å². The highest BCUT2D eigenvalue weighted by Gasteiger charge is 2.14. The van der Waals surface area contributed by atoms with Crippen molar-refractivity contribution in [3.8, 4) is 23.0 Å². The summed E-state index contributed by atoms with van der Waals surface area (Å²) in [5.74, 6) is 3.06. The number of nitrogens with zero attached hydrogens (tertiary/aromatic N) is 3. The van der Waals surface area contributed by atoms with Crippen LogP contribution in [0.3, 0.4) is 0 Å². The Morgan fingerprint density at radius 2 is 1.32 bits per heavy atom. The monoisotopic (exact) mass is 459 g/mol. The summed E-state index contributed by atoms with van der Waals surface area (Å²) in [6.45, 7) is 0.511. The quantitative estimate of drug-likeness (QED) is 0.341. The van der Waals surface area contributed by atoms with Crippen LogP contribution in [0.4, 0.5) is 23.3 Å². The molecule has 0 saturated carbocycles. The van der Waals surface area contributed by atoms with Gasteiger partial charge in [-0.2, -0.15) is 4.98 Å². The van der Waals surface area contributed by atoms with Gasteiger partial charge in [0.05, 0.1) is 21.3 Å². The third-order valence-corrected chi connectivity index (χ3v) is 4.85. The number of rotatable bonds is 10. The summed E-state index contributed by atoms with van der Waals surface area (Å²) < 4.78 is 22.0. The van der Waals surface area contributed by atoms with Crippen molar-refractivity contribution in [3.63, 3.8) is 0 Å². The van der Waals surface area contributed by atoms with Gasteiger partial charge in [0.25, 0.3) is 0 Å². The average Bonchev–Trinajstić information content (AvgIpc) is 2.88. The molecular weight excluding hydrogens is 434 g/mol. The third kappa shape index (κ3) is 5.63. The minimum Gasteiger partial charge on any atom is -0.493 e. The normalized spacial score (nSPS) is 10.3. The maximum Gasteiger partial charge on any atom is 0.232 e. The fraction of sp³-hybridized carbons (Fsp3) is 0.160. The molecule has 174 valence electrons. The molecule has 0 unspecified atom stereocenters. The van der Waals surface area contributed by atoms with Crippen LogP contribution in [-0.4, -0.2) is 36.3 Å². The summed E-state index contributed by atoms with van der Waals surface area (Å²) in [4.78, 5) is 12.8. The van der Waals surface area contributed by atoms with Gasteiger partial charge in [0.2, 0.25) is 17.6 Å². The highest BCUT2D eigenvalue weighted by atomic mass is 16.5. The van der Waals surface area contributed by atoms with E-state index < -0.39 is 0 Å². The molecule has 0 saturated heterocycles. The summed E-state index contributed by atoms with van der Waals surface area (Å²) in [5.41, 5.74) is 2.60. The standard InChI is InChI=1S/C25H25N5O4/c1-31-21-13-19(14-22(32-2)23(21)33-3)29-25-27-16-26-24(30-25)28-18-9-11-20(12-10-18)34-15-17-7-5-4-6-8-17/h4-14,16H,15H2,1-3H3,(H2,26,27,28,29,30). The van der Waals surface area contributed by atoms with E-state index in [2.05, 4.69) is 25.6 Å². The Morgan fingerprint density at radius 3 is 1.91 bits per heavy atom. The van der Waals surface area contributed by atoms with E-state index in [4.69, 9.17) is 18.9 Å². The Labute approximate surface area is 197 Å². The Kier molecular flexibility index (Phi) is 7.24. The molecule has 0 atom stereocenters. The first-order valence-electron chi connectivity index (χ1n) is 10.5. The second-order valence-electron chi connectivity index (χ2n) is 7.10. The summed E-state index contributed by atoms with van der Waals surface area (Å²) in [6, 6.07) is 21.1. The van der Waals surface area contributed by atoms with Gasteiger partial charge in [-0.25, -0.2) is 9.97 Å². The van der Waals surface area contributed by atoms with Crippen molar-refractivity contribution in [1.29, 1.82) is 0 Å². The maximum atomic E-state index is 5.83. The van der Waals surface area contributed by atoms with Crippen LogP contribution in [0.15, 0.2) is 73.1 Å². The first-order chi connectivity index (χ1) is 16.7. The number of benzene rings is 3. The van der Waals surface area contributed by atoms with Gasteiger partial charge in [-0.1, -0.05) is 30.3 Å². The molecule has 34 heavy (non-hydrogen) atoms. The predicted molar refractivity (Wildman–Crippen MR) is 130 cm³/mol. The molecule has 1 aromatic heterocycles. The molecule has 0 amide bonds. The zero-order valence-corrected chi connectivity index (χ0v) is 19.1. The highest BCUT2D eigenvalue weighted by molar-refractivity contribution is 5.66. The first kappa shape index (κ1) is 22.7. The van der Waals surface area contributed by atoms with Crippen LogP contribution in [0, 0.1) is 0 Å². The molecule has 2 N–H and O–H groups in total. The van der Waals surface area contributed by atoms with Crippen LogP contribution < -0.4 is 29.6 Å². The van der Waals surface area contributed by atoms with E-state index >= 15 is 0 Å². The number of nitrogens with one attached hydrogen (secondary N) is 2. The Hall–Kier alpha value is -4.53. The van der Waals surface area contributed by atoms with Gasteiger partial charge in [-0.15, -0.1) is 0 Å². The SMILES string of the molecule is COc1cc(Nc2ncnc(Nc3ccc(OCc4ccccc4)cc3)n2)cc(OC)c1OC. The average molecular weight is 460 g/mol. The minimum absolute atomic E-state index is 0.356. The largest absolute Gasteiger partial charge is 0.493 e. The summed E-state index contributed by atoms with van der Waals surface area (Å²) in [6.07, 6.45) is 1.42. The maximum absolute atomic E-state index is 5.83. The Morgan fingerprint density at radius 1 is 0.706 bits per heavy atom. The molecular formula is C25H25N5O4. The molecule has 0 fully saturated rings. The molecule has 0 aliphatic rings. The third-order valence-electron chi connectivity index (χ3n) is 4.85.